The first-order valence-corrected chi connectivity index (χ1v) is 6.66. The van der Waals surface area contributed by atoms with E-state index >= 15 is 0 Å². The van der Waals surface area contributed by atoms with Crippen LogP contribution in [0.1, 0.15) is 5.56 Å². The Kier molecular flexibility index (Phi) is 4.39. The minimum Gasteiger partial charge on any atom is -0.379 e. The predicted molar refractivity (Wildman–Crippen MR) is 79.6 cm³/mol. The largest absolute Gasteiger partial charge is 0.379 e. The summed E-state index contributed by atoms with van der Waals surface area (Å²) in [5.41, 5.74) is 1.44. The Bertz CT molecular complexity index is 619. The first-order chi connectivity index (χ1) is 9.08. The molecule has 2 aromatic rings. The lowest BCUT2D eigenvalue weighted by atomic mass is 10.2. The Labute approximate surface area is 123 Å². The summed E-state index contributed by atoms with van der Waals surface area (Å²) in [6, 6.07) is 12.0. The molecule has 0 amide bonds. The maximum atomic E-state index is 10.9. The molecule has 2 aromatic carbocycles. The Balaban J connectivity index is 2.19. The minimum absolute atomic E-state index is 0.0983. The molecule has 98 valence electrons. The van der Waals surface area contributed by atoms with Gasteiger partial charge in [0.2, 0.25) is 0 Å². The number of halogens is 2. The number of anilines is 1. The van der Waals surface area contributed by atoms with Crippen LogP contribution in [0.25, 0.3) is 0 Å². The van der Waals surface area contributed by atoms with Gasteiger partial charge in [-0.25, -0.2) is 0 Å². The number of hydrogen-bond donors (Lipinski definition) is 1. The van der Waals surface area contributed by atoms with Crippen LogP contribution in [0.2, 0.25) is 5.02 Å². The van der Waals surface area contributed by atoms with Gasteiger partial charge in [0.05, 0.1) is 15.6 Å². The van der Waals surface area contributed by atoms with Crippen molar-refractivity contribution >= 4 is 38.9 Å². The quantitative estimate of drug-likeness (QED) is 0.652. The SMILES string of the molecule is O=[N+]([O-])c1ccccc1CNc1cc(Br)ccc1Cl. The third-order valence-electron chi connectivity index (χ3n) is 2.59. The van der Waals surface area contributed by atoms with E-state index < -0.39 is 0 Å². The van der Waals surface area contributed by atoms with Crippen LogP contribution in [0.5, 0.6) is 0 Å². The fourth-order valence-electron chi connectivity index (χ4n) is 1.66. The molecule has 0 radical (unpaired) electrons. The van der Waals surface area contributed by atoms with Crippen LogP contribution in [0.15, 0.2) is 46.9 Å². The maximum absolute atomic E-state index is 10.9. The average molecular weight is 342 g/mol. The van der Waals surface area contributed by atoms with Crippen LogP contribution in [-0.2, 0) is 6.54 Å². The third-order valence-corrected chi connectivity index (χ3v) is 3.41. The van der Waals surface area contributed by atoms with Gasteiger partial charge in [-0.2, -0.15) is 0 Å². The molecular formula is C13H10BrClN2O2. The summed E-state index contributed by atoms with van der Waals surface area (Å²) >= 11 is 9.40. The molecular weight excluding hydrogens is 332 g/mol. The van der Waals surface area contributed by atoms with Gasteiger partial charge in [-0.1, -0.05) is 45.7 Å². The number of nitro groups is 1. The number of nitrogens with one attached hydrogen (secondary N) is 1. The van der Waals surface area contributed by atoms with Crippen LogP contribution < -0.4 is 5.32 Å². The summed E-state index contributed by atoms with van der Waals surface area (Å²) in [4.78, 5) is 10.5. The van der Waals surface area contributed by atoms with E-state index in [1.165, 1.54) is 6.07 Å². The van der Waals surface area contributed by atoms with E-state index in [2.05, 4.69) is 21.2 Å². The topological polar surface area (TPSA) is 55.2 Å². The van der Waals surface area contributed by atoms with Crippen molar-refractivity contribution in [1.29, 1.82) is 0 Å². The van der Waals surface area contributed by atoms with Crippen molar-refractivity contribution in [2.45, 2.75) is 6.54 Å². The lowest BCUT2D eigenvalue weighted by molar-refractivity contribution is -0.385. The van der Waals surface area contributed by atoms with Crippen LogP contribution in [-0.4, -0.2) is 4.92 Å². The van der Waals surface area contributed by atoms with Gasteiger partial charge < -0.3 is 5.32 Å². The zero-order valence-electron chi connectivity index (χ0n) is 9.77. The van der Waals surface area contributed by atoms with Crippen LogP contribution >= 0.6 is 27.5 Å². The van der Waals surface area contributed by atoms with Gasteiger partial charge in [0.15, 0.2) is 0 Å². The average Bonchev–Trinajstić information content (AvgIpc) is 2.40. The molecule has 0 saturated carbocycles. The number of hydrogen-bond acceptors (Lipinski definition) is 3. The van der Waals surface area contributed by atoms with Crippen molar-refractivity contribution in [2.75, 3.05) is 5.32 Å². The zero-order valence-corrected chi connectivity index (χ0v) is 12.1. The van der Waals surface area contributed by atoms with Crippen molar-refractivity contribution in [3.63, 3.8) is 0 Å². The molecule has 0 aliphatic rings. The number of para-hydroxylation sites is 1. The van der Waals surface area contributed by atoms with Gasteiger partial charge in [0.25, 0.3) is 5.69 Å². The molecule has 4 nitrogen and oxygen atoms in total. The van der Waals surface area contributed by atoms with Crippen molar-refractivity contribution in [3.8, 4) is 0 Å². The first-order valence-electron chi connectivity index (χ1n) is 5.49. The van der Waals surface area contributed by atoms with Gasteiger partial charge in [-0.05, 0) is 18.2 Å². The molecule has 0 saturated heterocycles. The summed E-state index contributed by atoms with van der Waals surface area (Å²) in [7, 11) is 0. The van der Waals surface area contributed by atoms with Crippen molar-refractivity contribution < 1.29 is 4.92 Å². The second-order valence-corrected chi connectivity index (χ2v) is 5.19. The molecule has 6 heteroatoms. The van der Waals surface area contributed by atoms with E-state index in [4.69, 9.17) is 11.6 Å². The first kappa shape index (κ1) is 13.8. The zero-order chi connectivity index (χ0) is 13.8. The van der Waals surface area contributed by atoms with E-state index in [0.717, 1.165) is 10.2 Å². The molecule has 2 rings (SSSR count). The summed E-state index contributed by atoms with van der Waals surface area (Å²) < 4.78 is 0.891. The Morgan fingerprint density at radius 3 is 2.74 bits per heavy atom. The normalized spacial score (nSPS) is 10.2. The van der Waals surface area contributed by atoms with Crippen molar-refractivity contribution in [2.24, 2.45) is 0 Å². The summed E-state index contributed by atoms with van der Waals surface area (Å²) in [6.07, 6.45) is 0. The van der Waals surface area contributed by atoms with Crippen LogP contribution in [0.3, 0.4) is 0 Å². The van der Waals surface area contributed by atoms with E-state index in [1.807, 2.05) is 12.1 Å². The number of nitro benzene ring substituents is 1. The Morgan fingerprint density at radius 1 is 1.26 bits per heavy atom. The summed E-state index contributed by atoms with van der Waals surface area (Å²) in [6.45, 7) is 0.341. The Hall–Kier alpha value is -1.59. The highest BCUT2D eigenvalue weighted by atomic mass is 79.9. The lowest BCUT2D eigenvalue weighted by Crippen LogP contribution is -2.03. The van der Waals surface area contributed by atoms with Crippen LogP contribution in [0, 0.1) is 10.1 Å². The monoisotopic (exact) mass is 340 g/mol. The number of benzene rings is 2. The highest BCUT2D eigenvalue weighted by Gasteiger charge is 2.12. The minimum atomic E-state index is -0.389. The van der Waals surface area contributed by atoms with E-state index in [1.54, 1.807) is 24.3 Å². The molecule has 0 aliphatic heterocycles. The van der Waals surface area contributed by atoms with Gasteiger partial charge >= 0.3 is 0 Å². The molecule has 1 N–H and O–H groups in total. The molecule has 0 aliphatic carbocycles. The fourth-order valence-corrected chi connectivity index (χ4v) is 2.21. The maximum Gasteiger partial charge on any atom is 0.274 e. The van der Waals surface area contributed by atoms with Crippen molar-refractivity contribution in [3.05, 3.63) is 67.6 Å². The highest BCUT2D eigenvalue weighted by Crippen LogP contribution is 2.27. The van der Waals surface area contributed by atoms with Gasteiger partial charge in [0.1, 0.15) is 0 Å². The van der Waals surface area contributed by atoms with Gasteiger partial charge in [0, 0.05) is 22.6 Å². The van der Waals surface area contributed by atoms with Crippen LogP contribution in [0.4, 0.5) is 11.4 Å². The molecule has 0 bridgehead atoms. The predicted octanol–water partition coefficient (Wildman–Crippen LogP) is 4.62. The van der Waals surface area contributed by atoms with E-state index in [9.17, 15) is 10.1 Å². The standard InChI is InChI=1S/C13H10BrClN2O2/c14-10-5-6-11(15)12(7-10)16-8-9-3-1-2-4-13(9)17(18)19/h1-7,16H,8H2. The molecule has 0 spiro atoms. The lowest BCUT2D eigenvalue weighted by Gasteiger charge is -2.09. The smallest absolute Gasteiger partial charge is 0.274 e. The van der Waals surface area contributed by atoms with Gasteiger partial charge in [-0.15, -0.1) is 0 Å². The second-order valence-electron chi connectivity index (χ2n) is 3.86. The second kappa shape index (κ2) is 6.04. The molecule has 0 atom stereocenters. The molecule has 0 aromatic heterocycles. The number of nitrogens with zero attached hydrogens (tertiary/aromatic N) is 1. The molecule has 0 unspecified atom stereocenters. The van der Waals surface area contributed by atoms with E-state index in [0.29, 0.717) is 17.1 Å². The number of rotatable bonds is 4. The fraction of sp³-hybridized carbons (Fsp3) is 0.0769. The van der Waals surface area contributed by atoms with Crippen molar-refractivity contribution in [1.82, 2.24) is 0 Å². The summed E-state index contributed by atoms with van der Waals surface area (Å²) in [5.74, 6) is 0. The molecule has 0 fully saturated rings. The molecule has 0 heterocycles. The summed E-state index contributed by atoms with van der Waals surface area (Å²) in [5, 5.41) is 14.6. The van der Waals surface area contributed by atoms with E-state index in [-0.39, 0.29) is 10.6 Å². The Morgan fingerprint density at radius 2 is 2.00 bits per heavy atom. The highest BCUT2D eigenvalue weighted by molar-refractivity contribution is 9.10. The molecule has 19 heavy (non-hydrogen) atoms. The third kappa shape index (κ3) is 3.45. The van der Waals surface area contributed by atoms with Gasteiger partial charge in [-0.3, -0.25) is 10.1 Å².